The summed E-state index contributed by atoms with van der Waals surface area (Å²) >= 11 is 0. The van der Waals surface area contributed by atoms with Crippen molar-refractivity contribution in [3.05, 3.63) is 77.5 Å². The van der Waals surface area contributed by atoms with Crippen molar-refractivity contribution in [1.29, 1.82) is 0 Å². The first-order valence-corrected chi connectivity index (χ1v) is 9.88. The SMILES string of the molecule is O=C(c1cc(-c2cccc(C(F)(F)F)c2)on1)N1CCC(Cc2ccccc2)CC1. The number of benzene rings is 2. The summed E-state index contributed by atoms with van der Waals surface area (Å²) in [5.41, 5.74) is 0.871. The number of halogens is 3. The molecule has 30 heavy (non-hydrogen) atoms. The number of amides is 1. The van der Waals surface area contributed by atoms with E-state index in [0.29, 0.717) is 19.0 Å². The number of piperidine rings is 1. The van der Waals surface area contributed by atoms with Gasteiger partial charge in [0, 0.05) is 24.7 Å². The molecule has 0 N–H and O–H groups in total. The highest BCUT2D eigenvalue weighted by atomic mass is 19.4. The Bertz CT molecular complexity index is 1010. The number of aromatic nitrogens is 1. The molecule has 0 atom stereocenters. The Hall–Kier alpha value is -3.09. The summed E-state index contributed by atoms with van der Waals surface area (Å²) in [7, 11) is 0. The molecule has 1 amide bonds. The second-order valence-electron chi connectivity index (χ2n) is 7.58. The van der Waals surface area contributed by atoms with E-state index in [1.807, 2.05) is 18.2 Å². The Balaban J connectivity index is 1.39. The van der Waals surface area contributed by atoms with Crippen LogP contribution < -0.4 is 0 Å². The number of hydrogen-bond acceptors (Lipinski definition) is 3. The number of nitrogens with zero attached hydrogens (tertiary/aromatic N) is 2. The van der Waals surface area contributed by atoms with E-state index >= 15 is 0 Å². The second kappa shape index (κ2) is 8.34. The fraction of sp³-hybridized carbons (Fsp3) is 0.304. The molecule has 4 rings (SSSR count). The second-order valence-corrected chi connectivity index (χ2v) is 7.58. The van der Waals surface area contributed by atoms with Gasteiger partial charge in [-0.25, -0.2) is 0 Å². The van der Waals surface area contributed by atoms with E-state index in [1.165, 1.54) is 23.8 Å². The molecule has 2 heterocycles. The number of carbonyl (C=O) groups is 1. The lowest BCUT2D eigenvalue weighted by molar-refractivity contribution is -0.137. The molecular formula is C23H21F3N2O2. The quantitative estimate of drug-likeness (QED) is 0.570. The Morgan fingerprint density at radius 2 is 1.77 bits per heavy atom. The predicted octanol–water partition coefficient (Wildman–Crippen LogP) is 5.46. The van der Waals surface area contributed by atoms with Gasteiger partial charge < -0.3 is 9.42 Å². The van der Waals surface area contributed by atoms with Gasteiger partial charge in [0.2, 0.25) is 0 Å². The van der Waals surface area contributed by atoms with Crippen LogP contribution in [0.25, 0.3) is 11.3 Å². The summed E-state index contributed by atoms with van der Waals surface area (Å²) in [6, 6.07) is 16.5. The predicted molar refractivity (Wildman–Crippen MR) is 106 cm³/mol. The van der Waals surface area contributed by atoms with Crippen molar-refractivity contribution in [3.8, 4) is 11.3 Å². The van der Waals surface area contributed by atoms with Crippen LogP contribution in [0.1, 0.15) is 34.5 Å². The molecule has 7 heteroatoms. The third-order valence-electron chi connectivity index (χ3n) is 5.47. The van der Waals surface area contributed by atoms with Crippen molar-refractivity contribution in [2.45, 2.75) is 25.4 Å². The molecule has 0 aliphatic carbocycles. The average molecular weight is 414 g/mol. The van der Waals surface area contributed by atoms with Crippen molar-refractivity contribution < 1.29 is 22.5 Å². The van der Waals surface area contributed by atoms with Crippen LogP contribution in [0.2, 0.25) is 0 Å². The molecule has 1 saturated heterocycles. The zero-order valence-corrected chi connectivity index (χ0v) is 16.2. The van der Waals surface area contributed by atoms with Gasteiger partial charge in [0.15, 0.2) is 11.5 Å². The van der Waals surface area contributed by atoms with Crippen LogP contribution in [0.4, 0.5) is 13.2 Å². The molecule has 1 aliphatic heterocycles. The molecule has 1 aromatic heterocycles. The highest BCUT2D eigenvalue weighted by Gasteiger charge is 2.31. The van der Waals surface area contributed by atoms with Gasteiger partial charge in [-0.3, -0.25) is 4.79 Å². The molecule has 0 radical (unpaired) electrons. The average Bonchev–Trinajstić information content (AvgIpc) is 3.24. The lowest BCUT2D eigenvalue weighted by Gasteiger charge is -2.31. The van der Waals surface area contributed by atoms with E-state index in [0.717, 1.165) is 31.4 Å². The van der Waals surface area contributed by atoms with Gasteiger partial charge in [-0.15, -0.1) is 0 Å². The van der Waals surface area contributed by atoms with Crippen molar-refractivity contribution in [3.63, 3.8) is 0 Å². The molecule has 0 unspecified atom stereocenters. The van der Waals surface area contributed by atoms with E-state index in [9.17, 15) is 18.0 Å². The van der Waals surface area contributed by atoms with Crippen molar-refractivity contribution in [2.75, 3.05) is 13.1 Å². The molecule has 1 aliphatic rings. The van der Waals surface area contributed by atoms with Crippen molar-refractivity contribution >= 4 is 5.91 Å². The third kappa shape index (κ3) is 4.56. The molecule has 1 fully saturated rings. The molecule has 0 bridgehead atoms. The maximum atomic E-state index is 12.9. The maximum Gasteiger partial charge on any atom is 0.416 e. The van der Waals surface area contributed by atoms with E-state index < -0.39 is 11.7 Å². The smallest absolute Gasteiger partial charge is 0.355 e. The van der Waals surface area contributed by atoms with E-state index in [4.69, 9.17) is 4.52 Å². The normalized spacial score (nSPS) is 15.4. The highest BCUT2D eigenvalue weighted by Crippen LogP contribution is 2.32. The lowest BCUT2D eigenvalue weighted by Crippen LogP contribution is -2.39. The van der Waals surface area contributed by atoms with Crippen LogP contribution in [0, 0.1) is 5.92 Å². The summed E-state index contributed by atoms with van der Waals surface area (Å²) in [5.74, 6) is 0.410. The largest absolute Gasteiger partial charge is 0.416 e. The number of alkyl halides is 3. The molecule has 4 nitrogen and oxygen atoms in total. The Labute approximate surface area is 172 Å². The fourth-order valence-corrected chi connectivity index (χ4v) is 3.81. The minimum atomic E-state index is -4.45. The minimum Gasteiger partial charge on any atom is -0.355 e. The fourth-order valence-electron chi connectivity index (χ4n) is 3.81. The maximum absolute atomic E-state index is 12.9. The molecule has 2 aromatic carbocycles. The highest BCUT2D eigenvalue weighted by molar-refractivity contribution is 5.93. The van der Waals surface area contributed by atoms with E-state index in [1.54, 1.807) is 4.90 Å². The topological polar surface area (TPSA) is 46.3 Å². The zero-order chi connectivity index (χ0) is 21.1. The first kappa shape index (κ1) is 20.2. The number of hydrogen-bond donors (Lipinski definition) is 0. The van der Waals surface area contributed by atoms with Crippen LogP contribution in [-0.2, 0) is 12.6 Å². The van der Waals surface area contributed by atoms with Crippen LogP contribution >= 0.6 is 0 Å². The van der Waals surface area contributed by atoms with Crippen molar-refractivity contribution in [1.82, 2.24) is 10.1 Å². The molecular weight excluding hydrogens is 393 g/mol. The van der Waals surface area contributed by atoms with Gasteiger partial charge in [-0.1, -0.05) is 47.6 Å². The van der Waals surface area contributed by atoms with Gasteiger partial charge in [-0.05, 0) is 42.9 Å². The Morgan fingerprint density at radius 3 is 2.47 bits per heavy atom. The molecule has 3 aromatic rings. The van der Waals surface area contributed by atoms with Gasteiger partial charge >= 0.3 is 6.18 Å². The first-order valence-electron chi connectivity index (χ1n) is 9.88. The summed E-state index contributed by atoms with van der Waals surface area (Å²) < 4.78 is 43.9. The number of rotatable bonds is 4. The summed E-state index contributed by atoms with van der Waals surface area (Å²) in [6.07, 6.45) is -1.65. The van der Waals surface area contributed by atoms with E-state index in [2.05, 4.69) is 17.3 Å². The Morgan fingerprint density at radius 1 is 1.03 bits per heavy atom. The lowest BCUT2D eigenvalue weighted by atomic mass is 9.90. The third-order valence-corrected chi connectivity index (χ3v) is 5.47. The zero-order valence-electron chi connectivity index (χ0n) is 16.2. The first-order chi connectivity index (χ1) is 14.4. The van der Waals surface area contributed by atoms with Gasteiger partial charge in [-0.2, -0.15) is 13.2 Å². The van der Waals surface area contributed by atoms with Crippen LogP contribution in [0.5, 0.6) is 0 Å². The van der Waals surface area contributed by atoms with Gasteiger partial charge in [0.05, 0.1) is 5.56 Å². The standard InChI is InChI=1S/C23H21F3N2O2/c24-23(25,26)19-8-4-7-18(14-19)21-15-20(27-30-21)22(29)28-11-9-17(10-12-28)13-16-5-2-1-3-6-16/h1-8,14-15,17H,9-13H2. The molecule has 156 valence electrons. The van der Waals surface area contributed by atoms with Crippen LogP contribution in [0.15, 0.2) is 65.2 Å². The minimum absolute atomic E-state index is 0.115. The van der Waals surface area contributed by atoms with Gasteiger partial charge in [0.25, 0.3) is 5.91 Å². The summed E-state index contributed by atoms with van der Waals surface area (Å²) in [6.45, 7) is 1.25. The molecule has 0 saturated carbocycles. The van der Waals surface area contributed by atoms with E-state index in [-0.39, 0.29) is 22.9 Å². The summed E-state index contributed by atoms with van der Waals surface area (Å²) in [5, 5.41) is 3.80. The Kier molecular flexibility index (Phi) is 5.61. The number of carbonyl (C=O) groups excluding carboxylic acids is 1. The van der Waals surface area contributed by atoms with Crippen molar-refractivity contribution in [2.24, 2.45) is 5.92 Å². The van der Waals surface area contributed by atoms with Crippen LogP contribution in [-0.4, -0.2) is 29.1 Å². The molecule has 0 spiro atoms. The van der Waals surface area contributed by atoms with Crippen LogP contribution in [0.3, 0.4) is 0 Å². The summed E-state index contributed by atoms with van der Waals surface area (Å²) in [4.78, 5) is 14.5. The number of likely N-dealkylation sites (tertiary alicyclic amines) is 1. The monoisotopic (exact) mass is 414 g/mol. The van der Waals surface area contributed by atoms with Gasteiger partial charge in [0.1, 0.15) is 0 Å².